The first-order valence-corrected chi connectivity index (χ1v) is 17.6. The average molecular weight is 741 g/mol. The smallest absolute Gasteiger partial charge is 0.266 e. The van der Waals surface area contributed by atoms with Crippen LogP contribution in [0.3, 0.4) is 0 Å². The maximum Gasteiger partial charge on any atom is 0.266 e. The molecule has 2 aliphatic heterocycles. The van der Waals surface area contributed by atoms with Crippen molar-refractivity contribution in [3.05, 3.63) is 55.6 Å². The number of hydrogen-bond acceptors (Lipinski definition) is 8. The fraction of sp³-hybridized carbons (Fsp3) is 0.500. The van der Waals surface area contributed by atoms with Gasteiger partial charge in [0.2, 0.25) is 5.91 Å². The maximum atomic E-state index is 14.2. The number of hydrogen-bond donors (Lipinski definition) is 3. The Labute approximate surface area is 301 Å². The van der Waals surface area contributed by atoms with Crippen LogP contribution in [-0.2, 0) is 16.1 Å². The third-order valence-corrected chi connectivity index (χ3v) is 10.8. The van der Waals surface area contributed by atoms with Crippen molar-refractivity contribution in [2.75, 3.05) is 51.3 Å². The molecule has 0 unspecified atom stereocenters. The van der Waals surface area contributed by atoms with E-state index in [0.717, 1.165) is 30.4 Å². The van der Waals surface area contributed by atoms with Gasteiger partial charge in [0.1, 0.15) is 15.8 Å². The lowest BCUT2D eigenvalue weighted by Gasteiger charge is -2.38. The van der Waals surface area contributed by atoms with Gasteiger partial charge in [-0.25, -0.2) is 0 Å². The first-order valence-electron chi connectivity index (χ1n) is 16.1. The van der Waals surface area contributed by atoms with Gasteiger partial charge in [-0.3, -0.25) is 9.59 Å². The highest BCUT2D eigenvalue weighted by Gasteiger charge is 2.40. The van der Waals surface area contributed by atoms with E-state index in [1.807, 2.05) is 28.0 Å². The Morgan fingerprint density at radius 3 is 2.40 bits per heavy atom. The summed E-state index contributed by atoms with van der Waals surface area (Å²) in [6.45, 7) is 7.23. The molecular formula is C34H42Cl4N6O4. The molecule has 1 aliphatic carbocycles. The number of benzene rings is 2. The molecule has 1 atom stereocenters. The van der Waals surface area contributed by atoms with Crippen LogP contribution >= 0.6 is 46.4 Å². The van der Waals surface area contributed by atoms with E-state index in [9.17, 15) is 9.59 Å². The molecule has 0 radical (unpaired) electrons. The molecule has 48 heavy (non-hydrogen) atoms. The van der Waals surface area contributed by atoms with Crippen LogP contribution in [0.25, 0.3) is 5.57 Å². The third kappa shape index (κ3) is 7.63. The molecule has 2 saturated heterocycles. The van der Waals surface area contributed by atoms with E-state index in [-0.39, 0.29) is 49.6 Å². The molecule has 10 nitrogen and oxygen atoms in total. The summed E-state index contributed by atoms with van der Waals surface area (Å²) in [5, 5.41) is 11.3. The Kier molecular flexibility index (Phi) is 11.6. The second kappa shape index (κ2) is 15.3. The van der Waals surface area contributed by atoms with Crippen LogP contribution in [0.1, 0.15) is 50.7 Å². The number of amides is 2. The van der Waals surface area contributed by atoms with E-state index in [1.54, 1.807) is 25.9 Å². The van der Waals surface area contributed by atoms with E-state index >= 15 is 0 Å². The van der Waals surface area contributed by atoms with Crippen molar-refractivity contribution >= 4 is 75.7 Å². The minimum Gasteiger partial charge on any atom is -0.496 e. The van der Waals surface area contributed by atoms with Crippen molar-refractivity contribution in [1.82, 2.24) is 15.1 Å². The Bertz CT molecular complexity index is 1590. The summed E-state index contributed by atoms with van der Waals surface area (Å²) in [5.41, 5.74) is 7.03. The number of ether oxygens (including phenoxy) is 2. The Morgan fingerprint density at radius 2 is 1.77 bits per heavy atom. The molecule has 2 aromatic carbocycles. The lowest BCUT2D eigenvalue weighted by molar-refractivity contribution is -0.146. The molecule has 4 N–H and O–H groups in total. The van der Waals surface area contributed by atoms with Gasteiger partial charge in [0.25, 0.3) is 5.91 Å². The van der Waals surface area contributed by atoms with Gasteiger partial charge in [-0.1, -0.05) is 58.5 Å². The second-order valence-electron chi connectivity index (χ2n) is 12.9. The van der Waals surface area contributed by atoms with E-state index in [2.05, 4.69) is 5.32 Å². The predicted octanol–water partition coefficient (Wildman–Crippen LogP) is 6.25. The zero-order valence-electron chi connectivity index (χ0n) is 27.4. The summed E-state index contributed by atoms with van der Waals surface area (Å²) in [6, 6.07) is 5.78. The molecule has 2 amide bonds. The number of carbonyl (C=O) groups is 2. The molecule has 2 aromatic rings. The number of nitrogens with two attached hydrogens (primary N) is 1. The van der Waals surface area contributed by atoms with Crippen LogP contribution in [0.2, 0.25) is 20.1 Å². The number of nitrogens with one attached hydrogen (secondary N) is 2. The van der Waals surface area contributed by atoms with Gasteiger partial charge in [0, 0.05) is 75.4 Å². The summed E-state index contributed by atoms with van der Waals surface area (Å²) in [7, 11) is 1.59. The van der Waals surface area contributed by atoms with E-state index in [1.165, 1.54) is 12.4 Å². The standard InChI is InChI=1S/C34H42Cl4N6O4/c1-34(2,33(46)42-13-10-41-11-14-42)48-31-28(37)26(35)27(36)30(29(31)38)43-12-4-5-22(18-43)32(45)44(24-8-9-24)19-21-7-6-20(15-25(21)47-3)23(16-39)17-40/h6-7,15-17,22,24,39,41H,4-5,8-14,18-19,40H2,1-3H3/b23-17+,39-16?/t22-/m1/s1. The van der Waals surface area contributed by atoms with Gasteiger partial charge in [0.05, 0.1) is 28.8 Å². The van der Waals surface area contributed by atoms with Crippen molar-refractivity contribution in [2.24, 2.45) is 11.7 Å². The van der Waals surface area contributed by atoms with E-state index in [4.69, 9.17) is 67.0 Å². The summed E-state index contributed by atoms with van der Waals surface area (Å²) >= 11 is 27.1. The van der Waals surface area contributed by atoms with Crippen LogP contribution < -0.4 is 25.4 Å². The van der Waals surface area contributed by atoms with Crippen molar-refractivity contribution in [2.45, 2.75) is 57.7 Å². The summed E-state index contributed by atoms with van der Waals surface area (Å²) in [4.78, 5) is 33.3. The zero-order chi connectivity index (χ0) is 34.7. The number of nitrogens with zero attached hydrogens (tertiary/aromatic N) is 3. The van der Waals surface area contributed by atoms with Crippen molar-refractivity contribution in [3.8, 4) is 11.5 Å². The molecule has 14 heteroatoms. The van der Waals surface area contributed by atoms with Gasteiger partial charge in [-0.05, 0) is 51.2 Å². The maximum absolute atomic E-state index is 14.2. The molecule has 2 heterocycles. The molecule has 3 aliphatic rings. The fourth-order valence-corrected chi connectivity index (χ4v) is 7.57. The average Bonchev–Trinajstić information content (AvgIpc) is 3.94. The summed E-state index contributed by atoms with van der Waals surface area (Å²) in [6.07, 6.45) is 5.87. The number of anilines is 1. The normalized spacial score (nSPS) is 18.8. The molecule has 0 bridgehead atoms. The molecule has 260 valence electrons. The molecular weight excluding hydrogens is 698 g/mol. The van der Waals surface area contributed by atoms with Crippen LogP contribution in [0.4, 0.5) is 5.69 Å². The van der Waals surface area contributed by atoms with Gasteiger partial charge in [-0.2, -0.15) is 0 Å². The monoisotopic (exact) mass is 738 g/mol. The molecule has 3 fully saturated rings. The molecule has 0 spiro atoms. The Hall–Kier alpha value is -2.89. The lowest BCUT2D eigenvalue weighted by Crippen LogP contribution is -2.54. The van der Waals surface area contributed by atoms with Crippen molar-refractivity contribution in [3.63, 3.8) is 0 Å². The highest BCUT2D eigenvalue weighted by Crippen LogP contribution is 2.52. The van der Waals surface area contributed by atoms with Gasteiger partial charge in [-0.15, -0.1) is 0 Å². The minimum absolute atomic E-state index is 0.0239. The van der Waals surface area contributed by atoms with Gasteiger partial charge in [0.15, 0.2) is 11.4 Å². The summed E-state index contributed by atoms with van der Waals surface area (Å²) in [5.74, 6) is 0.228. The largest absolute Gasteiger partial charge is 0.496 e. The number of rotatable bonds is 11. The first kappa shape index (κ1) is 36.4. The number of piperazine rings is 1. The van der Waals surface area contributed by atoms with Crippen molar-refractivity contribution < 1.29 is 19.1 Å². The van der Waals surface area contributed by atoms with Crippen LogP contribution in [0, 0.1) is 11.3 Å². The fourth-order valence-electron chi connectivity index (χ4n) is 6.37. The Balaban J connectivity index is 1.38. The van der Waals surface area contributed by atoms with Crippen molar-refractivity contribution in [1.29, 1.82) is 5.41 Å². The molecule has 1 saturated carbocycles. The third-order valence-electron chi connectivity index (χ3n) is 9.13. The van der Waals surface area contributed by atoms with E-state index in [0.29, 0.717) is 69.2 Å². The molecule has 5 rings (SSSR count). The second-order valence-corrected chi connectivity index (χ2v) is 14.4. The highest BCUT2D eigenvalue weighted by molar-refractivity contribution is 6.52. The highest BCUT2D eigenvalue weighted by atomic mass is 35.5. The topological polar surface area (TPSA) is 124 Å². The van der Waals surface area contributed by atoms with Crippen LogP contribution in [-0.4, -0.2) is 85.9 Å². The lowest BCUT2D eigenvalue weighted by atomic mass is 9.95. The number of carbonyl (C=O) groups excluding carboxylic acids is 2. The zero-order valence-corrected chi connectivity index (χ0v) is 30.4. The number of halogens is 4. The minimum atomic E-state index is -1.29. The van der Waals surface area contributed by atoms with E-state index < -0.39 is 5.60 Å². The number of allylic oxidation sites excluding steroid dienone is 1. The molecule has 0 aromatic heterocycles. The Morgan fingerprint density at radius 1 is 1.06 bits per heavy atom. The number of methoxy groups -OCH3 is 1. The SMILES string of the molecule is COc1cc(/C(C=N)=C/N)ccc1CN(C(=O)[C@@H]1CCCN(c2c(Cl)c(Cl)c(Cl)c(OC(C)(C)C(=O)N3CCNCC3)c2Cl)C1)C1CC1. The first-order chi connectivity index (χ1) is 22.9. The number of piperidine rings is 1. The van der Waals surface area contributed by atoms with Crippen LogP contribution in [0.5, 0.6) is 11.5 Å². The summed E-state index contributed by atoms with van der Waals surface area (Å²) < 4.78 is 12.0. The van der Waals surface area contributed by atoms with Gasteiger partial charge >= 0.3 is 0 Å². The predicted molar refractivity (Wildman–Crippen MR) is 193 cm³/mol. The van der Waals surface area contributed by atoms with Gasteiger partial charge < -0.3 is 40.6 Å². The van der Waals surface area contributed by atoms with Crippen LogP contribution in [0.15, 0.2) is 24.4 Å². The quantitative estimate of drug-likeness (QED) is 0.141.